The Labute approximate surface area is 134 Å². The number of amides is 1. The summed E-state index contributed by atoms with van der Waals surface area (Å²) in [5.41, 5.74) is 1.32. The van der Waals surface area contributed by atoms with Gasteiger partial charge in [-0.15, -0.1) is 0 Å². The van der Waals surface area contributed by atoms with Crippen molar-refractivity contribution in [3.05, 3.63) is 64.2 Å². The number of phenols is 1. The van der Waals surface area contributed by atoms with Gasteiger partial charge in [0.1, 0.15) is 5.75 Å². The van der Waals surface area contributed by atoms with Gasteiger partial charge in [-0.25, -0.2) is 5.43 Å². The predicted molar refractivity (Wildman–Crippen MR) is 79.6 cm³/mol. The Kier molecular flexibility index (Phi) is 4.90. The Bertz CT molecular complexity index is 743. The molecule has 4 nitrogen and oxygen atoms in total. The van der Waals surface area contributed by atoms with Crippen LogP contribution in [0.3, 0.4) is 0 Å². The number of phenolic OH excluding ortho intramolecular Hbond substituents is 1. The molecular weight excluding hydrogens is 333 g/mol. The molecule has 0 saturated heterocycles. The van der Waals surface area contributed by atoms with Gasteiger partial charge in [0.15, 0.2) is 0 Å². The molecule has 0 aliphatic rings. The minimum Gasteiger partial charge on any atom is -0.507 e. The van der Waals surface area contributed by atoms with E-state index in [9.17, 15) is 23.1 Å². The van der Waals surface area contributed by atoms with Crippen molar-refractivity contribution in [1.82, 2.24) is 5.43 Å². The first kappa shape index (κ1) is 16.8. The molecular formula is C15H10ClF3N2O2. The van der Waals surface area contributed by atoms with Gasteiger partial charge in [0, 0.05) is 16.1 Å². The Morgan fingerprint density at radius 2 is 1.83 bits per heavy atom. The highest BCUT2D eigenvalue weighted by atomic mass is 35.5. The second-order valence-corrected chi connectivity index (χ2v) is 4.91. The van der Waals surface area contributed by atoms with Crippen molar-refractivity contribution in [3.8, 4) is 5.75 Å². The van der Waals surface area contributed by atoms with E-state index in [0.717, 1.165) is 24.4 Å². The molecule has 2 aromatic rings. The SMILES string of the molecule is O=C(N/N=C/c1cc(C(F)(F)F)ccc1O)c1ccc(Cl)cc1. The lowest BCUT2D eigenvalue weighted by Gasteiger charge is -2.08. The number of carbonyl (C=O) groups is 1. The number of nitrogens with zero attached hydrogens (tertiary/aromatic N) is 1. The largest absolute Gasteiger partial charge is 0.507 e. The van der Waals surface area contributed by atoms with Gasteiger partial charge in [-0.3, -0.25) is 4.79 Å². The van der Waals surface area contributed by atoms with Crippen LogP contribution in [0.5, 0.6) is 5.75 Å². The van der Waals surface area contributed by atoms with E-state index < -0.39 is 17.6 Å². The summed E-state index contributed by atoms with van der Waals surface area (Å²) >= 11 is 5.69. The molecule has 0 radical (unpaired) electrons. The summed E-state index contributed by atoms with van der Waals surface area (Å²) in [4.78, 5) is 11.7. The summed E-state index contributed by atoms with van der Waals surface area (Å²) in [5.74, 6) is -0.952. The topological polar surface area (TPSA) is 61.7 Å². The molecule has 2 aromatic carbocycles. The molecule has 120 valence electrons. The third-order valence-electron chi connectivity index (χ3n) is 2.83. The number of hydrazone groups is 1. The minimum atomic E-state index is -4.54. The number of aromatic hydroxyl groups is 1. The fourth-order valence-corrected chi connectivity index (χ4v) is 1.79. The first-order valence-corrected chi connectivity index (χ1v) is 6.64. The Morgan fingerprint density at radius 1 is 1.17 bits per heavy atom. The second kappa shape index (κ2) is 6.70. The van der Waals surface area contributed by atoms with Gasteiger partial charge in [-0.1, -0.05) is 11.6 Å². The lowest BCUT2D eigenvalue weighted by molar-refractivity contribution is -0.137. The van der Waals surface area contributed by atoms with Crippen LogP contribution in [0.15, 0.2) is 47.6 Å². The summed E-state index contributed by atoms with van der Waals surface area (Å²) in [6.07, 6.45) is -3.61. The fraction of sp³-hybridized carbons (Fsp3) is 0.0667. The minimum absolute atomic E-state index is 0.170. The van der Waals surface area contributed by atoms with Gasteiger partial charge in [0.2, 0.25) is 0 Å². The molecule has 2 rings (SSSR count). The predicted octanol–water partition coefficient (Wildman–Crippen LogP) is 3.83. The monoisotopic (exact) mass is 342 g/mol. The van der Waals surface area contributed by atoms with Crippen molar-refractivity contribution in [1.29, 1.82) is 0 Å². The van der Waals surface area contributed by atoms with Crippen molar-refractivity contribution in [3.63, 3.8) is 0 Å². The van der Waals surface area contributed by atoms with Crippen LogP contribution in [0, 0.1) is 0 Å². The van der Waals surface area contributed by atoms with Crippen molar-refractivity contribution >= 4 is 23.7 Å². The summed E-state index contributed by atoms with van der Waals surface area (Å²) in [6.45, 7) is 0. The molecule has 0 aliphatic heterocycles. The third kappa shape index (κ3) is 4.46. The molecule has 0 spiro atoms. The molecule has 0 bridgehead atoms. The highest BCUT2D eigenvalue weighted by molar-refractivity contribution is 6.30. The van der Waals surface area contributed by atoms with Crippen LogP contribution in [0.2, 0.25) is 5.02 Å². The summed E-state index contributed by atoms with van der Waals surface area (Å²) in [6, 6.07) is 8.35. The van der Waals surface area contributed by atoms with Gasteiger partial charge < -0.3 is 5.11 Å². The maximum absolute atomic E-state index is 12.6. The van der Waals surface area contributed by atoms with Gasteiger partial charge in [0.05, 0.1) is 11.8 Å². The van der Waals surface area contributed by atoms with E-state index >= 15 is 0 Å². The molecule has 0 saturated carbocycles. The number of halogens is 4. The first-order valence-electron chi connectivity index (χ1n) is 6.26. The number of hydrogen-bond donors (Lipinski definition) is 2. The Balaban J connectivity index is 2.11. The zero-order valence-electron chi connectivity index (χ0n) is 11.4. The number of rotatable bonds is 3. The molecule has 0 aromatic heterocycles. The normalized spacial score (nSPS) is 11.7. The molecule has 1 amide bonds. The molecule has 0 fully saturated rings. The number of carbonyl (C=O) groups excluding carboxylic acids is 1. The van der Waals surface area contributed by atoms with Gasteiger partial charge in [-0.05, 0) is 42.5 Å². The van der Waals surface area contributed by atoms with E-state index in [2.05, 4.69) is 10.5 Å². The average Bonchev–Trinajstić information content (AvgIpc) is 2.48. The number of nitrogens with one attached hydrogen (secondary N) is 1. The highest BCUT2D eigenvalue weighted by Crippen LogP contribution is 2.31. The van der Waals surface area contributed by atoms with E-state index in [4.69, 9.17) is 11.6 Å². The molecule has 0 aliphatic carbocycles. The molecule has 2 N–H and O–H groups in total. The molecule has 0 heterocycles. The zero-order valence-corrected chi connectivity index (χ0v) is 12.2. The van der Waals surface area contributed by atoms with E-state index in [1.54, 1.807) is 0 Å². The van der Waals surface area contributed by atoms with Crippen LogP contribution in [0.25, 0.3) is 0 Å². The van der Waals surface area contributed by atoms with Gasteiger partial charge in [-0.2, -0.15) is 18.3 Å². The van der Waals surface area contributed by atoms with Crippen LogP contribution >= 0.6 is 11.6 Å². The first-order chi connectivity index (χ1) is 10.8. The smallest absolute Gasteiger partial charge is 0.416 e. The molecule has 8 heteroatoms. The summed E-state index contributed by atoms with van der Waals surface area (Å²) in [5, 5.41) is 13.5. The Hall–Kier alpha value is -2.54. The van der Waals surface area contributed by atoms with E-state index in [1.807, 2.05) is 0 Å². The maximum atomic E-state index is 12.6. The highest BCUT2D eigenvalue weighted by Gasteiger charge is 2.30. The molecule has 0 atom stereocenters. The zero-order chi connectivity index (χ0) is 17.0. The van der Waals surface area contributed by atoms with E-state index in [-0.39, 0.29) is 16.9 Å². The van der Waals surface area contributed by atoms with Crippen molar-refractivity contribution in [2.45, 2.75) is 6.18 Å². The third-order valence-corrected chi connectivity index (χ3v) is 3.08. The summed E-state index contributed by atoms with van der Waals surface area (Å²) in [7, 11) is 0. The number of benzene rings is 2. The number of alkyl halides is 3. The van der Waals surface area contributed by atoms with Crippen molar-refractivity contribution in [2.24, 2.45) is 5.10 Å². The average molecular weight is 343 g/mol. The van der Waals surface area contributed by atoms with E-state index in [1.165, 1.54) is 24.3 Å². The number of hydrogen-bond acceptors (Lipinski definition) is 3. The van der Waals surface area contributed by atoms with Crippen molar-refractivity contribution in [2.75, 3.05) is 0 Å². The van der Waals surface area contributed by atoms with Crippen LogP contribution in [-0.4, -0.2) is 17.2 Å². The Morgan fingerprint density at radius 3 is 2.43 bits per heavy atom. The van der Waals surface area contributed by atoms with Crippen LogP contribution < -0.4 is 5.43 Å². The van der Waals surface area contributed by atoms with Crippen LogP contribution in [0.4, 0.5) is 13.2 Å². The van der Waals surface area contributed by atoms with Crippen LogP contribution in [-0.2, 0) is 6.18 Å². The van der Waals surface area contributed by atoms with Gasteiger partial charge >= 0.3 is 6.18 Å². The van der Waals surface area contributed by atoms with Crippen molar-refractivity contribution < 1.29 is 23.1 Å². The second-order valence-electron chi connectivity index (χ2n) is 4.48. The van der Waals surface area contributed by atoms with Crippen LogP contribution in [0.1, 0.15) is 21.5 Å². The summed E-state index contributed by atoms with van der Waals surface area (Å²) < 4.78 is 37.8. The quantitative estimate of drug-likeness (QED) is 0.658. The van der Waals surface area contributed by atoms with Gasteiger partial charge in [0.25, 0.3) is 5.91 Å². The lowest BCUT2D eigenvalue weighted by atomic mass is 10.1. The maximum Gasteiger partial charge on any atom is 0.416 e. The standard InChI is InChI=1S/C15H10ClF3N2O2/c16-12-4-1-9(2-5-12)14(23)21-20-8-10-7-11(15(17,18)19)3-6-13(10)22/h1-8,22H,(H,21,23)/b20-8+. The molecule has 0 unspecified atom stereocenters. The van der Waals surface area contributed by atoms with E-state index in [0.29, 0.717) is 5.02 Å². The molecule has 23 heavy (non-hydrogen) atoms. The lowest BCUT2D eigenvalue weighted by Crippen LogP contribution is -2.17. The fourth-order valence-electron chi connectivity index (χ4n) is 1.66.